The van der Waals surface area contributed by atoms with Gasteiger partial charge in [0.25, 0.3) is 5.69 Å². The van der Waals surface area contributed by atoms with Gasteiger partial charge in [-0.25, -0.2) is 0 Å². The van der Waals surface area contributed by atoms with Gasteiger partial charge in [0.05, 0.1) is 4.92 Å². The molecular formula is C5H2BrN2O3-. The SMILES string of the molecule is O=[N+]([O-])c1cncc(Br)c1[O-]. The van der Waals surface area contributed by atoms with Crippen LogP contribution in [0.15, 0.2) is 16.9 Å². The molecule has 1 heterocycles. The fourth-order valence-electron chi connectivity index (χ4n) is 0.543. The van der Waals surface area contributed by atoms with Crippen LogP contribution in [0.25, 0.3) is 0 Å². The van der Waals surface area contributed by atoms with E-state index >= 15 is 0 Å². The van der Waals surface area contributed by atoms with Crippen LogP contribution in [0.2, 0.25) is 0 Å². The van der Waals surface area contributed by atoms with E-state index in [0.29, 0.717) is 0 Å². The van der Waals surface area contributed by atoms with Crippen molar-refractivity contribution in [3.8, 4) is 5.75 Å². The Kier molecular flexibility index (Phi) is 2.04. The van der Waals surface area contributed by atoms with E-state index in [9.17, 15) is 15.2 Å². The Morgan fingerprint density at radius 1 is 1.55 bits per heavy atom. The van der Waals surface area contributed by atoms with Gasteiger partial charge in [0, 0.05) is 10.7 Å². The van der Waals surface area contributed by atoms with Crippen LogP contribution in [-0.2, 0) is 0 Å². The van der Waals surface area contributed by atoms with E-state index in [0.717, 1.165) is 6.20 Å². The molecule has 1 aromatic rings. The summed E-state index contributed by atoms with van der Waals surface area (Å²) < 4.78 is 0.103. The maximum absolute atomic E-state index is 10.9. The highest BCUT2D eigenvalue weighted by Crippen LogP contribution is 2.28. The van der Waals surface area contributed by atoms with E-state index in [1.54, 1.807) is 0 Å². The predicted octanol–water partition coefficient (Wildman–Crippen LogP) is 0.826. The van der Waals surface area contributed by atoms with Crippen molar-refractivity contribution in [1.82, 2.24) is 4.98 Å². The van der Waals surface area contributed by atoms with Crippen molar-refractivity contribution in [2.24, 2.45) is 0 Å². The highest BCUT2D eigenvalue weighted by Gasteiger charge is 2.07. The zero-order chi connectivity index (χ0) is 8.43. The summed E-state index contributed by atoms with van der Waals surface area (Å²) in [5.41, 5.74) is -0.514. The molecule has 58 valence electrons. The van der Waals surface area contributed by atoms with E-state index in [1.807, 2.05) is 0 Å². The van der Waals surface area contributed by atoms with Crippen LogP contribution in [-0.4, -0.2) is 9.91 Å². The molecule has 0 saturated carbocycles. The predicted molar refractivity (Wildman–Crippen MR) is 38.0 cm³/mol. The maximum atomic E-state index is 10.9. The Bertz CT molecular complexity index is 302. The minimum Gasteiger partial charge on any atom is -0.867 e. The van der Waals surface area contributed by atoms with Gasteiger partial charge in [-0.2, -0.15) is 0 Å². The van der Waals surface area contributed by atoms with E-state index < -0.39 is 16.4 Å². The number of nitro groups is 1. The second kappa shape index (κ2) is 2.83. The van der Waals surface area contributed by atoms with Crippen LogP contribution in [0.4, 0.5) is 5.69 Å². The van der Waals surface area contributed by atoms with Gasteiger partial charge in [-0.1, -0.05) is 0 Å². The zero-order valence-electron chi connectivity index (χ0n) is 5.15. The molecule has 0 aromatic carbocycles. The van der Waals surface area contributed by atoms with Gasteiger partial charge in [0.15, 0.2) is 0 Å². The standard InChI is InChI=1S/C5H3BrN2O3/c6-3-1-7-2-4(5(3)9)8(10)11/h1-2H,(H,7,9)/p-1. The number of halogens is 1. The average molecular weight is 218 g/mol. The molecule has 1 rings (SSSR count). The van der Waals surface area contributed by atoms with Gasteiger partial charge >= 0.3 is 0 Å². The molecule has 0 amide bonds. The number of hydrogen-bond acceptors (Lipinski definition) is 4. The third kappa shape index (κ3) is 1.45. The average Bonchev–Trinajstić information content (AvgIpc) is 1.94. The Morgan fingerprint density at radius 2 is 2.18 bits per heavy atom. The molecule has 0 atom stereocenters. The van der Waals surface area contributed by atoms with E-state index in [-0.39, 0.29) is 4.47 Å². The summed E-state index contributed by atoms with van der Waals surface area (Å²) in [5, 5.41) is 21.0. The number of nitrogens with zero attached hydrogens (tertiary/aromatic N) is 2. The van der Waals surface area contributed by atoms with Crippen LogP contribution >= 0.6 is 15.9 Å². The molecule has 5 nitrogen and oxygen atoms in total. The van der Waals surface area contributed by atoms with Crippen molar-refractivity contribution in [3.63, 3.8) is 0 Å². The minimum atomic E-state index is -0.764. The lowest BCUT2D eigenvalue weighted by molar-refractivity contribution is -0.398. The minimum absolute atomic E-state index is 0.103. The summed E-state index contributed by atoms with van der Waals surface area (Å²) in [5.74, 6) is -0.648. The highest BCUT2D eigenvalue weighted by atomic mass is 79.9. The largest absolute Gasteiger partial charge is 0.867 e. The van der Waals surface area contributed by atoms with Crippen LogP contribution in [0.1, 0.15) is 0 Å². The quantitative estimate of drug-likeness (QED) is 0.516. The molecule has 0 aliphatic heterocycles. The smallest absolute Gasteiger partial charge is 0.280 e. The molecule has 6 heteroatoms. The highest BCUT2D eigenvalue weighted by molar-refractivity contribution is 9.10. The molecule has 1 aromatic heterocycles. The number of rotatable bonds is 1. The van der Waals surface area contributed by atoms with Crippen molar-refractivity contribution < 1.29 is 10.0 Å². The van der Waals surface area contributed by atoms with Gasteiger partial charge in [-0.15, -0.1) is 0 Å². The fourth-order valence-corrected chi connectivity index (χ4v) is 0.864. The first kappa shape index (κ1) is 7.93. The molecule has 0 bridgehead atoms. The Balaban J connectivity index is 3.27. The monoisotopic (exact) mass is 217 g/mol. The second-order valence-corrected chi connectivity index (χ2v) is 2.58. The summed E-state index contributed by atoms with van der Waals surface area (Å²) >= 11 is 2.83. The molecule has 0 N–H and O–H groups in total. The molecule has 0 fully saturated rings. The Labute approximate surface area is 70.0 Å². The normalized spacial score (nSPS) is 9.55. The van der Waals surface area contributed by atoms with Gasteiger partial charge in [-0.05, 0) is 21.7 Å². The number of aromatic nitrogens is 1. The fraction of sp³-hybridized carbons (Fsp3) is 0. The maximum Gasteiger partial charge on any atom is 0.280 e. The van der Waals surface area contributed by atoms with E-state index in [2.05, 4.69) is 20.9 Å². The third-order valence-corrected chi connectivity index (χ3v) is 1.60. The molecule has 0 spiro atoms. The number of hydrogen-bond donors (Lipinski definition) is 0. The van der Waals surface area contributed by atoms with E-state index in [4.69, 9.17) is 0 Å². The van der Waals surface area contributed by atoms with Gasteiger partial charge in [0.1, 0.15) is 6.20 Å². The molecule has 0 unspecified atom stereocenters. The molecular weight excluding hydrogens is 216 g/mol. The zero-order valence-corrected chi connectivity index (χ0v) is 6.74. The summed E-state index contributed by atoms with van der Waals surface area (Å²) in [4.78, 5) is 12.8. The van der Waals surface area contributed by atoms with Crippen LogP contribution in [0.5, 0.6) is 5.75 Å². The molecule has 0 radical (unpaired) electrons. The van der Waals surface area contributed by atoms with Crippen molar-refractivity contribution in [2.45, 2.75) is 0 Å². The molecule has 11 heavy (non-hydrogen) atoms. The molecule has 0 aliphatic rings. The van der Waals surface area contributed by atoms with Crippen molar-refractivity contribution in [3.05, 3.63) is 27.0 Å². The topological polar surface area (TPSA) is 79.1 Å². The number of pyridine rings is 1. The molecule has 0 saturated heterocycles. The third-order valence-electron chi connectivity index (χ3n) is 1.03. The van der Waals surface area contributed by atoms with Crippen LogP contribution in [0, 0.1) is 10.1 Å². The summed E-state index contributed by atoms with van der Waals surface area (Å²) in [6, 6.07) is 0. The van der Waals surface area contributed by atoms with Gasteiger partial charge < -0.3 is 5.11 Å². The van der Waals surface area contributed by atoms with Crippen molar-refractivity contribution in [2.75, 3.05) is 0 Å². The Morgan fingerprint density at radius 3 is 2.64 bits per heavy atom. The summed E-state index contributed by atoms with van der Waals surface area (Å²) in [7, 11) is 0. The first-order valence-electron chi connectivity index (χ1n) is 2.58. The lowest BCUT2D eigenvalue weighted by atomic mass is 10.4. The summed E-state index contributed by atoms with van der Waals surface area (Å²) in [6.07, 6.45) is 2.14. The summed E-state index contributed by atoms with van der Waals surface area (Å²) in [6.45, 7) is 0. The van der Waals surface area contributed by atoms with Crippen LogP contribution < -0.4 is 5.11 Å². The van der Waals surface area contributed by atoms with Crippen molar-refractivity contribution >= 4 is 21.6 Å². The lowest BCUT2D eigenvalue weighted by Gasteiger charge is -2.06. The lowest BCUT2D eigenvalue weighted by Crippen LogP contribution is -1.99. The Hall–Kier alpha value is -1.17. The first-order valence-corrected chi connectivity index (χ1v) is 3.37. The molecule has 0 aliphatic carbocycles. The van der Waals surface area contributed by atoms with E-state index in [1.165, 1.54) is 6.20 Å². The second-order valence-electron chi connectivity index (χ2n) is 1.73. The van der Waals surface area contributed by atoms with Crippen LogP contribution in [0.3, 0.4) is 0 Å². The first-order chi connectivity index (χ1) is 5.13. The van der Waals surface area contributed by atoms with Crippen molar-refractivity contribution in [1.29, 1.82) is 0 Å². The van der Waals surface area contributed by atoms with Gasteiger partial charge in [0.2, 0.25) is 0 Å². The van der Waals surface area contributed by atoms with Gasteiger partial charge in [-0.3, -0.25) is 15.1 Å².